The van der Waals surface area contributed by atoms with Gasteiger partial charge in [0, 0.05) is 19.1 Å². The third kappa shape index (κ3) is 2.58. The molecule has 8 heteroatoms. The summed E-state index contributed by atoms with van der Waals surface area (Å²) in [7, 11) is 2.71. The van der Waals surface area contributed by atoms with E-state index in [2.05, 4.69) is 10.3 Å². The monoisotopic (exact) mass is 306 g/mol. The lowest BCUT2D eigenvalue weighted by molar-refractivity contribution is -0.114. The molecule has 116 valence electrons. The standard InChI is InChI=1S/C14H14N2O6/c1-6(17)15-7-5-10(21-2)12-11(13(7)22-3)9(18)4-8(16-12)14(19)20/h4-5H,1-3H3,(H,15,17)(H,16,18)(H,19,20). The smallest absolute Gasteiger partial charge is 0.352 e. The van der Waals surface area contributed by atoms with Crippen molar-refractivity contribution in [1.82, 2.24) is 4.98 Å². The summed E-state index contributed by atoms with van der Waals surface area (Å²) in [4.78, 5) is 37.2. The van der Waals surface area contributed by atoms with E-state index in [1.807, 2.05) is 0 Å². The lowest BCUT2D eigenvalue weighted by atomic mass is 10.1. The first kappa shape index (κ1) is 15.4. The van der Waals surface area contributed by atoms with E-state index in [9.17, 15) is 14.4 Å². The van der Waals surface area contributed by atoms with Crippen molar-refractivity contribution in [3.05, 3.63) is 28.0 Å². The fraction of sp³-hybridized carbons (Fsp3) is 0.214. The number of H-pyrrole nitrogens is 1. The van der Waals surface area contributed by atoms with Crippen LogP contribution in [-0.2, 0) is 4.79 Å². The normalized spacial score (nSPS) is 10.3. The number of carboxylic acid groups (broad SMARTS) is 1. The molecule has 2 aromatic rings. The Morgan fingerprint density at radius 2 is 1.91 bits per heavy atom. The van der Waals surface area contributed by atoms with Gasteiger partial charge in [0.2, 0.25) is 5.91 Å². The lowest BCUT2D eigenvalue weighted by Gasteiger charge is -2.15. The molecule has 0 unspecified atom stereocenters. The first-order valence-corrected chi connectivity index (χ1v) is 6.22. The quantitative estimate of drug-likeness (QED) is 0.781. The van der Waals surface area contributed by atoms with Crippen molar-refractivity contribution in [2.45, 2.75) is 6.92 Å². The number of benzene rings is 1. The maximum atomic E-state index is 12.3. The van der Waals surface area contributed by atoms with Gasteiger partial charge >= 0.3 is 5.97 Å². The number of hydrogen-bond acceptors (Lipinski definition) is 5. The third-order valence-corrected chi connectivity index (χ3v) is 2.99. The Kier molecular flexibility index (Phi) is 4.02. The first-order valence-electron chi connectivity index (χ1n) is 6.22. The highest BCUT2D eigenvalue weighted by Crippen LogP contribution is 2.37. The number of amides is 1. The Morgan fingerprint density at radius 1 is 1.23 bits per heavy atom. The summed E-state index contributed by atoms with van der Waals surface area (Å²) in [6.45, 7) is 1.31. The minimum absolute atomic E-state index is 0.0931. The molecule has 22 heavy (non-hydrogen) atoms. The minimum Gasteiger partial charge on any atom is -0.494 e. The van der Waals surface area contributed by atoms with Crippen molar-refractivity contribution in [3.63, 3.8) is 0 Å². The first-order chi connectivity index (χ1) is 10.4. The minimum atomic E-state index is -1.27. The molecule has 1 amide bonds. The summed E-state index contributed by atoms with van der Waals surface area (Å²) < 4.78 is 10.4. The van der Waals surface area contributed by atoms with Crippen LogP contribution in [0.15, 0.2) is 16.9 Å². The molecule has 0 aliphatic heterocycles. The molecule has 1 heterocycles. The van der Waals surface area contributed by atoms with Gasteiger partial charge in [-0.2, -0.15) is 0 Å². The van der Waals surface area contributed by atoms with Crippen LogP contribution in [0.25, 0.3) is 10.9 Å². The highest BCUT2D eigenvalue weighted by molar-refractivity contribution is 6.01. The molecule has 1 aromatic heterocycles. The Labute approximate surface area is 124 Å². The zero-order valence-corrected chi connectivity index (χ0v) is 12.1. The molecular weight excluding hydrogens is 292 g/mol. The van der Waals surface area contributed by atoms with Crippen LogP contribution in [0.3, 0.4) is 0 Å². The molecule has 1 aromatic carbocycles. The number of aromatic carboxylic acids is 1. The number of rotatable bonds is 4. The van der Waals surface area contributed by atoms with Gasteiger partial charge < -0.3 is 24.9 Å². The second kappa shape index (κ2) is 5.76. The molecule has 0 aliphatic carbocycles. The van der Waals surface area contributed by atoms with Crippen molar-refractivity contribution >= 4 is 28.5 Å². The largest absolute Gasteiger partial charge is 0.494 e. The number of ether oxygens (including phenoxy) is 2. The number of nitrogens with one attached hydrogen (secondary N) is 2. The summed E-state index contributed by atoms with van der Waals surface area (Å²) in [5.74, 6) is -1.28. The summed E-state index contributed by atoms with van der Waals surface area (Å²) >= 11 is 0. The summed E-state index contributed by atoms with van der Waals surface area (Å²) in [6.07, 6.45) is 0. The summed E-state index contributed by atoms with van der Waals surface area (Å²) in [5.41, 5.74) is -0.398. The topological polar surface area (TPSA) is 118 Å². The molecule has 0 atom stereocenters. The van der Waals surface area contributed by atoms with Gasteiger partial charge in [0.1, 0.15) is 11.4 Å². The number of carbonyl (C=O) groups excluding carboxylic acids is 1. The molecule has 0 fully saturated rings. The van der Waals surface area contributed by atoms with Gasteiger partial charge in [-0.15, -0.1) is 0 Å². The SMILES string of the molecule is COc1cc(NC(C)=O)c(OC)c2c(=O)cc(C(=O)O)[nH]c12. The number of carbonyl (C=O) groups is 2. The van der Waals surface area contributed by atoms with Gasteiger partial charge in [-0.25, -0.2) is 4.79 Å². The average Bonchev–Trinajstić information content (AvgIpc) is 2.45. The lowest BCUT2D eigenvalue weighted by Crippen LogP contribution is -2.13. The molecule has 0 saturated heterocycles. The molecule has 2 rings (SSSR count). The zero-order valence-electron chi connectivity index (χ0n) is 12.1. The number of methoxy groups -OCH3 is 2. The van der Waals surface area contributed by atoms with Crippen molar-refractivity contribution in [3.8, 4) is 11.5 Å². The third-order valence-electron chi connectivity index (χ3n) is 2.99. The Bertz CT molecular complexity index is 824. The number of aromatic nitrogens is 1. The van der Waals surface area contributed by atoms with Crippen LogP contribution in [0.1, 0.15) is 17.4 Å². The van der Waals surface area contributed by atoms with Crippen LogP contribution in [0.4, 0.5) is 5.69 Å². The van der Waals surface area contributed by atoms with E-state index in [1.165, 1.54) is 27.2 Å². The van der Waals surface area contributed by atoms with Gasteiger partial charge in [0.05, 0.1) is 30.8 Å². The molecule has 0 radical (unpaired) electrons. The van der Waals surface area contributed by atoms with Crippen molar-refractivity contribution < 1.29 is 24.2 Å². The number of hydrogen-bond donors (Lipinski definition) is 3. The van der Waals surface area contributed by atoms with E-state index in [0.717, 1.165) is 6.07 Å². The Morgan fingerprint density at radius 3 is 2.41 bits per heavy atom. The highest BCUT2D eigenvalue weighted by Gasteiger charge is 2.19. The molecule has 3 N–H and O–H groups in total. The highest BCUT2D eigenvalue weighted by atomic mass is 16.5. The fourth-order valence-corrected chi connectivity index (χ4v) is 2.14. The molecule has 0 saturated carbocycles. The molecule has 0 spiro atoms. The predicted molar refractivity (Wildman–Crippen MR) is 78.9 cm³/mol. The van der Waals surface area contributed by atoms with Crippen molar-refractivity contribution in [2.75, 3.05) is 19.5 Å². The van der Waals surface area contributed by atoms with Crippen LogP contribution in [-0.4, -0.2) is 36.2 Å². The fourth-order valence-electron chi connectivity index (χ4n) is 2.14. The van der Waals surface area contributed by atoms with Crippen molar-refractivity contribution in [1.29, 1.82) is 0 Å². The number of aromatic amines is 1. The second-order valence-electron chi connectivity index (χ2n) is 4.44. The van der Waals surface area contributed by atoms with Crippen LogP contribution in [0.5, 0.6) is 11.5 Å². The van der Waals surface area contributed by atoms with Crippen molar-refractivity contribution in [2.24, 2.45) is 0 Å². The summed E-state index contributed by atoms with van der Waals surface area (Å²) in [5, 5.41) is 11.7. The van der Waals surface area contributed by atoms with Crippen LogP contribution >= 0.6 is 0 Å². The van der Waals surface area contributed by atoms with Gasteiger partial charge in [-0.05, 0) is 0 Å². The average molecular weight is 306 g/mol. The maximum Gasteiger partial charge on any atom is 0.352 e. The second-order valence-corrected chi connectivity index (χ2v) is 4.44. The number of anilines is 1. The molecule has 0 bridgehead atoms. The Balaban J connectivity index is 2.92. The van der Waals surface area contributed by atoms with Crippen LogP contribution in [0.2, 0.25) is 0 Å². The van der Waals surface area contributed by atoms with Crippen LogP contribution < -0.4 is 20.2 Å². The van der Waals surface area contributed by atoms with Gasteiger partial charge in [-0.1, -0.05) is 0 Å². The van der Waals surface area contributed by atoms with Crippen LogP contribution in [0, 0.1) is 0 Å². The van der Waals surface area contributed by atoms with Gasteiger partial charge in [-0.3, -0.25) is 9.59 Å². The molecule has 0 aliphatic rings. The van der Waals surface area contributed by atoms with E-state index < -0.39 is 11.4 Å². The maximum absolute atomic E-state index is 12.3. The predicted octanol–water partition coefficient (Wildman–Crippen LogP) is 1.20. The van der Waals surface area contributed by atoms with E-state index in [0.29, 0.717) is 0 Å². The number of carboxylic acids is 1. The van der Waals surface area contributed by atoms with Gasteiger partial charge in [0.15, 0.2) is 11.2 Å². The summed E-state index contributed by atoms with van der Waals surface area (Å²) in [6, 6.07) is 2.40. The molecule has 8 nitrogen and oxygen atoms in total. The van der Waals surface area contributed by atoms with E-state index in [-0.39, 0.29) is 39.7 Å². The van der Waals surface area contributed by atoms with Gasteiger partial charge in [0.25, 0.3) is 0 Å². The Hall–Kier alpha value is -3.03. The van der Waals surface area contributed by atoms with E-state index in [1.54, 1.807) is 0 Å². The molecular formula is C14H14N2O6. The zero-order chi connectivity index (χ0) is 16.4. The van der Waals surface area contributed by atoms with E-state index >= 15 is 0 Å². The number of fused-ring (bicyclic) bond motifs is 1. The number of pyridine rings is 1. The van der Waals surface area contributed by atoms with E-state index in [4.69, 9.17) is 14.6 Å².